The van der Waals surface area contributed by atoms with Crippen LogP contribution in [0.2, 0.25) is 10.0 Å². The number of hydrogen-bond acceptors (Lipinski definition) is 5. The highest BCUT2D eigenvalue weighted by Crippen LogP contribution is 2.30. The van der Waals surface area contributed by atoms with Crippen LogP contribution in [-0.2, 0) is 0 Å². The molecule has 0 saturated heterocycles. The number of nitrogens with zero attached hydrogens (tertiary/aromatic N) is 4. The van der Waals surface area contributed by atoms with Crippen molar-refractivity contribution >= 4 is 51.2 Å². The van der Waals surface area contributed by atoms with Gasteiger partial charge in [-0.15, -0.1) is 0 Å². The zero-order valence-electron chi connectivity index (χ0n) is 12.9. The Morgan fingerprint density at radius 2 is 1.56 bits per heavy atom. The molecule has 8 heteroatoms. The Labute approximate surface area is 151 Å². The van der Waals surface area contributed by atoms with E-state index in [1.54, 1.807) is 31.2 Å². The molecule has 2 aromatic heterocycles. The van der Waals surface area contributed by atoms with E-state index >= 15 is 0 Å². The van der Waals surface area contributed by atoms with Gasteiger partial charge in [-0.1, -0.05) is 35.3 Å². The highest BCUT2D eigenvalue weighted by atomic mass is 35.5. The fraction of sp³-hybridized carbons (Fsp3) is 0.0588. The van der Waals surface area contributed by atoms with Crippen molar-refractivity contribution < 1.29 is 4.39 Å². The second kappa shape index (κ2) is 5.75. The molecule has 0 amide bonds. The van der Waals surface area contributed by atoms with Crippen LogP contribution < -0.4 is 5.73 Å². The van der Waals surface area contributed by atoms with Crippen LogP contribution in [0.5, 0.6) is 0 Å². The predicted octanol–water partition coefficient (Wildman–Crippen LogP) is 4.58. The maximum atomic E-state index is 13.8. The molecule has 0 bridgehead atoms. The number of fused-ring (bicyclic) bond motifs is 2. The van der Waals surface area contributed by atoms with Crippen molar-refractivity contribution in [2.24, 2.45) is 0 Å². The van der Waals surface area contributed by atoms with Crippen LogP contribution in [0.4, 0.5) is 10.2 Å². The standard InChI is InChI=1S/C17H10Cl2FN5/c1-7-2-3-8(6-11(7)20)16-24-15(21)14-17(25-16)23-13-10(19)5-4-9(18)12(13)22-14/h2-6H,1H3,(H2,21,23,24,25). The Balaban J connectivity index is 2.02. The first-order chi connectivity index (χ1) is 11.9. The van der Waals surface area contributed by atoms with Gasteiger partial charge in [0.1, 0.15) is 16.9 Å². The van der Waals surface area contributed by atoms with Crippen LogP contribution >= 0.6 is 23.2 Å². The minimum absolute atomic E-state index is 0.131. The Bertz CT molecular complexity index is 1160. The maximum absolute atomic E-state index is 13.8. The molecule has 0 radical (unpaired) electrons. The summed E-state index contributed by atoms with van der Waals surface area (Å²) in [6, 6.07) is 7.99. The summed E-state index contributed by atoms with van der Waals surface area (Å²) < 4.78 is 13.8. The van der Waals surface area contributed by atoms with Gasteiger partial charge in [0, 0.05) is 5.56 Å². The molecule has 4 aromatic rings. The number of rotatable bonds is 1. The van der Waals surface area contributed by atoms with Gasteiger partial charge in [-0.05, 0) is 30.7 Å². The quantitative estimate of drug-likeness (QED) is 0.494. The van der Waals surface area contributed by atoms with Crippen LogP contribution in [0.1, 0.15) is 5.56 Å². The van der Waals surface area contributed by atoms with Gasteiger partial charge in [-0.3, -0.25) is 0 Å². The SMILES string of the molecule is Cc1ccc(-c2nc(N)c3nc4c(Cl)ccc(Cl)c4nc3n2)cc1F. The van der Waals surface area contributed by atoms with Crippen LogP contribution in [0.15, 0.2) is 30.3 Å². The highest BCUT2D eigenvalue weighted by Gasteiger charge is 2.15. The van der Waals surface area contributed by atoms with Crippen molar-refractivity contribution in [2.45, 2.75) is 6.92 Å². The third kappa shape index (κ3) is 2.63. The summed E-state index contributed by atoms with van der Waals surface area (Å²) in [7, 11) is 0. The summed E-state index contributed by atoms with van der Waals surface area (Å²) in [6.45, 7) is 1.68. The van der Waals surface area contributed by atoms with Gasteiger partial charge in [0.2, 0.25) is 0 Å². The predicted molar refractivity (Wildman–Crippen MR) is 97.2 cm³/mol. The molecule has 0 aliphatic rings. The topological polar surface area (TPSA) is 77.6 Å². The highest BCUT2D eigenvalue weighted by molar-refractivity contribution is 6.39. The molecule has 0 aliphatic heterocycles. The molecule has 2 aromatic carbocycles. The summed E-state index contributed by atoms with van der Waals surface area (Å²) >= 11 is 12.3. The van der Waals surface area contributed by atoms with Gasteiger partial charge in [-0.25, -0.2) is 24.3 Å². The molecule has 25 heavy (non-hydrogen) atoms. The molecule has 0 aliphatic carbocycles. The van der Waals surface area contributed by atoms with Crippen molar-refractivity contribution in [1.82, 2.24) is 19.9 Å². The molecule has 0 saturated carbocycles. The number of nitrogen functional groups attached to an aromatic ring is 1. The molecule has 0 spiro atoms. The van der Waals surface area contributed by atoms with Crippen molar-refractivity contribution in [1.29, 1.82) is 0 Å². The van der Waals surface area contributed by atoms with E-state index in [0.717, 1.165) is 0 Å². The molecule has 0 unspecified atom stereocenters. The monoisotopic (exact) mass is 373 g/mol. The molecule has 4 rings (SSSR count). The van der Waals surface area contributed by atoms with Crippen LogP contribution in [0, 0.1) is 12.7 Å². The Kier molecular flexibility index (Phi) is 3.67. The first kappa shape index (κ1) is 15.9. The van der Waals surface area contributed by atoms with E-state index in [2.05, 4.69) is 19.9 Å². The van der Waals surface area contributed by atoms with Crippen LogP contribution in [0.3, 0.4) is 0 Å². The lowest BCUT2D eigenvalue weighted by Crippen LogP contribution is -2.02. The summed E-state index contributed by atoms with van der Waals surface area (Å²) in [5, 5.41) is 0.798. The first-order valence-electron chi connectivity index (χ1n) is 7.29. The van der Waals surface area contributed by atoms with Crippen molar-refractivity contribution in [3.63, 3.8) is 0 Å². The molecule has 2 N–H and O–H groups in total. The van der Waals surface area contributed by atoms with Gasteiger partial charge >= 0.3 is 0 Å². The molecular weight excluding hydrogens is 364 g/mol. The van der Waals surface area contributed by atoms with E-state index in [9.17, 15) is 4.39 Å². The maximum Gasteiger partial charge on any atom is 0.184 e. The van der Waals surface area contributed by atoms with E-state index < -0.39 is 0 Å². The molecule has 124 valence electrons. The van der Waals surface area contributed by atoms with Crippen molar-refractivity contribution in [3.8, 4) is 11.4 Å². The minimum Gasteiger partial charge on any atom is -0.382 e. The minimum atomic E-state index is -0.348. The Morgan fingerprint density at radius 3 is 2.24 bits per heavy atom. The van der Waals surface area contributed by atoms with Crippen molar-refractivity contribution in [2.75, 3.05) is 5.73 Å². The molecular formula is C17H10Cl2FN5. The number of aromatic nitrogens is 4. The number of hydrogen-bond donors (Lipinski definition) is 1. The third-order valence-electron chi connectivity index (χ3n) is 3.82. The average molecular weight is 374 g/mol. The lowest BCUT2D eigenvalue weighted by atomic mass is 10.1. The summed E-state index contributed by atoms with van der Waals surface area (Å²) in [5.74, 6) is 0.0429. The van der Waals surface area contributed by atoms with E-state index in [-0.39, 0.29) is 23.1 Å². The molecule has 0 atom stereocenters. The smallest absolute Gasteiger partial charge is 0.184 e. The Morgan fingerprint density at radius 1 is 0.880 bits per heavy atom. The summed E-state index contributed by atoms with van der Waals surface area (Å²) in [4.78, 5) is 17.4. The molecule has 0 fully saturated rings. The van der Waals surface area contributed by atoms with E-state index in [1.165, 1.54) is 6.07 Å². The fourth-order valence-corrected chi connectivity index (χ4v) is 2.86. The largest absolute Gasteiger partial charge is 0.382 e. The summed E-state index contributed by atoms with van der Waals surface area (Å²) in [5.41, 5.74) is 8.46. The zero-order chi connectivity index (χ0) is 17.7. The van der Waals surface area contributed by atoms with Crippen LogP contribution in [0.25, 0.3) is 33.6 Å². The lowest BCUT2D eigenvalue weighted by molar-refractivity contribution is 0.619. The van der Waals surface area contributed by atoms with Gasteiger partial charge in [0.15, 0.2) is 22.8 Å². The molecule has 5 nitrogen and oxygen atoms in total. The number of aryl methyl sites for hydroxylation is 1. The van der Waals surface area contributed by atoms with Crippen LogP contribution in [-0.4, -0.2) is 19.9 Å². The number of nitrogens with two attached hydrogens (primary N) is 1. The van der Waals surface area contributed by atoms with E-state index in [4.69, 9.17) is 28.9 Å². The van der Waals surface area contributed by atoms with E-state index in [1.807, 2.05) is 0 Å². The van der Waals surface area contributed by atoms with Gasteiger partial charge in [0.05, 0.1) is 10.0 Å². The zero-order valence-corrected chi connectivity index (χ0v) is 14.4. The van der Waals surface area contributed by atoms with Crippen molar-refractivity contribution in [3.05, 3.63) is 51.8 Å². The fourth-order valence-electron chi connectivity index (χ4n) is 2.47. The number of halogens is 3. The Hall–Kier alpha value is -2.57. The summed E-state index contributed by atoms with van der Waals surface area (Å²) in [6.07, 6.45) is 0. The third-order valence-corrected chi connectivity index (χ3v) is 4.43. The lowest BCUT2D eigenvalue weighted by Gasteiger charge is -2.08. The number of anilines is 1. The van der Waals surface area contributed by atoms with Gasteiger partial charge < -0.3 is 5.73 Å². The van der Waals surface area contributed by atoms with Gasteiger partial charge in [0.25, 0.3) is 0 Å². The second-order valence-electron chi connectivity index (χ2n) is 5.52. The second-order valence-corrected chi connectivity index (χ2v) is 6.33. The molecule has 2 heterocycles. The first-order valence-corrected chi connectivity index (χ1v) is 8.05. The van der Waals surface area contributed by atoms with E-state index in [0.29, 0.717) is 37.7 Å². The number of benzene rings is 2. The average Bonchev–Trinajstić information content (AvgIpc) is 2.59. The normalized spacial score (nSPS) is 11.4. The van der Waals surface area contributed by atoms with Gasteiger partial charge in [-0.2, -0.15) is 0 Å².